The molecule has 3 rings (SSSR count). The Morgan fingerprint density at radius 2 is 1.94 bits per heavy atom. The highest BCUT2D eigenvalue weighted by Crippen LogP contribution is 2.50. The summed E-state index contributed by atoms with van der Waals surface area (Å²) >= 11 is 5.90. The van der Waals surface area contributed by atoms with Gasteiger partial charge in [-0.05, 0) is 61.1 Å². The largest absolute Gasteiger partial charge is 0.324 e. The van der Waals surface area contributed by atoms with Crippen LogP contribution in [0, 0.1) is 17.8 Å². The molecule has 0 amide bonds. The van der Waals surface area contributed by atoms with Gasteiger partial charge in [0, 0.05) is 11.1 Å². The Morgan fingerprint density at radius 1 is 1.18 bits per heavy atom. The topological polar surface area (TPSA) is 26.0 Å². The maximum Gasteiger partial charge on any atom is 0.0406 e. The molecule has 0 spiro atoms. The first-order chi connectivity index (χ1) is 8.22. The molecule has 92 valence electrons. The molecule has 0 aromatic heterocycles. The van der Waals surface area contributed by atoms with Crippen LogP contribution in [-0.4, -0.2) is 0 Å². The zero-order valence-electron chi connectivity index (χ0n) is 10.1. The zero-order chi connectivity index (χ0) is 11.8. The molecule has 0 radical (unpaired) electrons. The van der Waals surface area contributed by atoms with Crippen molar-refractivity contribution in [3.63, 3.8) is 0 Å². The number of fused-ring (bicyclic) bond motifs is 2. The molecule has 17 heavy (non-hydrogen) atoms. The van der Waals surface area contributed by atoms with Gasteiger partial charge in [-0.3, -0.25) is 0 Å². The highest BCUT2D eigenvalue weighted by atomic mass is 35.5. The van der Waals surface area contributed by atoms with Gasteiger partial charge in [-0.1, -0.05) is 30.2 Å². The third-order valence-electron chi connectivity index (χ3n) is 4.74. The van der Waals surface area contributed by atoms with Crippen molar-refractivity contribution in [2.75, 3.05) is 0 Å². The molecule has 2 aliphatic rings. The molecule has 0 aliphatic heterocycles. The van der Waals surface area contributed by atoms with Gasteiger partial charge in [0.05, 0.1) is 0 Å². The van der Waals surface area contributed by atoms with E-state index in [2.05, 4.69) is 12.1 Å². The SMILES string of the molecule is NC(CC1CC2CCC1C2)c1ccc(Cl)cc1. The molecule has 4 atom stereocenters. The smallest absolute Gasteiger partial charge is 0.0406 e. The number of nitrogens with two attached hydrogens (primary N) is 1. The lowest BCUT2D eigenvalue weighted by molar-refractivity contribution is 0.296. The van der Waals surface area contributed by atoms with Gasteiger partial charge >= 0.3 is 0 Å². The Labute approximate surface area is 108 Å². The van der Waals surface area contributed by atoms with E-state index in [0.29, 0.717) is 0 Å². The van der Waals surface area contributed by atoms with E-state index >= 15 is 0 Å². The fraction of sp³-hybridized carbons (Fsp3) is 0.600. The van der Waals surface area contributed by atoms with Crippen molar-refractivity contribution < 1.29 is 0 Å². The van der Waals surface area contributed by atoms with Crippen LogP contribution in [0.15, 0.2) is 24.3 Å². The first kappa shape index (κ1) is 11.6. The molecule has 1 aromatic rings. The summed E-state index contributed by atoms with van der Waals surface area (Å²) in [6.45, 7) is 0. The molecule has 2 heteroatoms. The second-order valence-electron chi connectivity index (χ2n) is 5.83. The minimum Gasteiger partial charge on any atom is -0.324 e. The van der Waals surface area contributed by atoms with Gasteiger partial charge in [-0.2, -0.15) is 0 Å². The molecule has 0 heterocycles. The summed E-state index contributed by atoms with van der Waals surface area (Å²) in [5.74, 6) is 2.86. The quantitative estimate of drug-likeness (QED) is 0.855. The molecular formula is C15H20ClN. The standard InChI is InChI=1S/C15H20ClN/c16-14-5-3-11(4-6-14)15(17)9-13-8-10-1-2-12(13)7-10/h3-6,10,12-13,15H,1-2,7-9,17H2. The first-order valence-corrected chi connectivity index (χ1v) is 7.11. The third-order valence-corrected chi connectivity index (χ3v) is 4.99. The van der Waals surface area contributed by atoms with Crippen molar-refractivity contribution in [2.24, 2.45) is 23.5 Å². The summed E-state index contributed by atoms with van der Waals surface area (Å²) in [5.41, 5.74) is 7.55. The summed E-state index contributed by atoms with van der Waals surface area (Å²) < 4.78 is 0. The van der Waals surface area contributed by atoms with E-state index in [9.17, 15) is 0 Å². The molecule has 4 unspecified atom stereocenters. The average molecular weight is 250 g/mol. The van der Waals surface area contributed by atoms with Crippen LogP contribution in [-0.2, 0) is 0 Å². The lowest BCUT2D eigenvalue weighted by atomic mass is 9.83. The van der Waals surface area contributed by atoms with Crippen molar-refractivity contribution in [1.82, 2.24) is 0 Å². The minimum absolute atomic E-state index is 0.191. The molecule has 2 bridgehead atoms. The number of halogens is 1. The Hall–Kier alpha value is -0.530. The molecule has 2 saturated carbocycles. The molecule has 2 N–H and O–H groups in total. The monoisotopic (exact) mass is 249 g/mol. The summed E-state index contributed by atoms with van der Waals surface area (Å²) in [4.78, 5) is 0. The average Bonchev–Trinajstić information content (AvgIpc) is 2.91. The fourth-order valence-corrected chi connectivity index (χ4v) is 3.96. The Kier molecular flexibility index (Phi) is 3.14. The van der Waals surface area contributed by atoms with E-state index in [4.69, 9.17) is 17.3 Å². The lowest BCUT2D eigenvalue weighted by Crippen LogP contribution is -2.19. The molecule has 1 aromatic carbocycles. The Balaban J connectivity index is 1.63. The van der Waals surface area contributed by atoms with Crippen LogP contribution in [0.25, 0.3) is 0 Å². The zero-order valence-corrected chi connectivity index (χ0v) is 10.9. The van der Waals surface area contributed by atoms with E-state index in [-0.39, 0.29) is 6.04 Å². The van der Waals surface area contributed by atoms with E-state index in [1.807, 2.05) is 12.1 Å². The second kappa shape index (κ2) is 4.62. The van der Waals surface area contributed by atoms with Crippen LogP contribution in [0.1, 0.15) is 43.7 Å². The predicted octanol–water partition coefficient (Wildman–Crippen LogP) is 4.17. The van der Waals surface area contributed by atoms with Gasteiger partial charge in [0.15, 0.2) is 0 Å². The van der Waals surface area contributed by atoms with Gasteiger partial charge in [-0.15, -0.1) is 0 Å². The molecular weight excluding hydrogens is 230 g/mol. The van der Waals surface area contributed by atoms with E-state index < -0.39 is 0 Å². The molecule has 0 saturated heterocycles. The second-order valence-corrected chi connectivity index (χ2v) is 6.27. The summed E-state index contributed by atoms with van der Waals surface area (Å²) in [5, 5.41) is 0.792. The lowest BCUT2D eigenvalue weighted by Gasteiger charge is -2.24. The van der Waals surface area contributed by atoms with Crippen LogP contribution in [0.4, 0.5) is 0 Å². The van der Waals surface area contributed by atoms with Gasteiger partial charge in [0.25, 0.3) is 0 Å². The van der Waals surface area contributed by atoms with Crippen LogP contribution in [0.3, 0.4) is 0 Å². The highest BCUT2D eigenvalue weighted by molar-refractivity contribution is 6.30. The van der Waals surface area contributed by atoms with Crippen LogP contribution < -0.4 is 5.73 Å². The van der Waals surface area contributed by atoms with Crippen LogP contribution in [0.2, 0.25) is 5.02 Å². The first-order valence-electron chi connectivity index (χ1n) is 6.73. The number of benzene rings is 1. The summed E-state index contributed by atoms with van der Waals surface area (Å²) in [6.07, 6.45) is 6.97. The highest BCUT2D eigenvalue weighted by Gasteiger charge is 2.39. The predicted molar refractivity (Wildman–Crippen MR) is 71.9 cm³/mol. The normalized spacial score (nSPS) is 32.9. The van der Waals surface area contributed by atoms with E-state index in [1.165, 1.54) is 31.2 Å². The van der Waals surface area contributed by atoms with Crippen molar-refractivity contribution in [2.45, 2.75) is 38.1 Å². The Morgan fingerprint density at radius 3 is 2.53 bits per heavy atom. The van der Waals surface area contributed by atoms with Gasteiger partial charge in [0.1, 0.15) is 0 Å². The minimum atomic E-state index is 0.191. The van der Waals surface area contributed by atoms with E-state index in [1.54, 1.807) is 0 Å². The van der Waals surface area contributed by atoms with Gasteiger partial charge < -0.3 is 5.73 Å². The number of rotatable bonds is 3. The van der Waals surface area contributed by atoms with E-state index in [0.717, 1.165) is 29.2 Å². The Bertz CT molecular complexity index is 386. The molecule has 1 nitrogen and oxygen atoms in total. The van der Waals surface area contributed by atoms with Crippen molar-refractivity contribution in [3.8, 4) is 0 Å². The van der Waals surface area contributed by atoms with Crippen molar-refractivity contribution in [1.29, 1.82) is 0 Å². The number of hydrogen-bond acceptors (Lipinski definition) is 1. The fourth-order valence-electron chi connectivity index (χ4n) is 3.84. The third kappa shape index (κ3) is 2.36. The maximum absolute atomic E-state index is 6.31. The number of hydrogen-bond donors (Lipinski definition) is 1. The van der Waals surface area contributed by atoms with Crippen molar-refractivity contribution in [3.05, 3.63) is 34.9 Å². The summed E-state index contributed by atoms with van der Waals surface area (Å²) in [6, 6.07) is 8.21. The van der Waals surface area contributed by atoms with Gasteiger partial charge in [0.2, 0.25) is 0 Å². The molecule has 2 fully saturated rings. The van der Waals surface area contributed by atoms with Gasteiger partial charge in [-0.25, -0.2) is 0 Å². The summed E-state index contributed by atoms with van der Waals surface area (Å²) in [7, 11) is 0. The maximum atomic E-state index is 6.31. The molecule has 2 aliphatic carbocycles. The van der Waals surface area contributed by atoms with Crippen molar-refractivity contribution >= 4 is 11.6 Å². The van der Waals surface area contributed by atoms with Crippen LogP contribution in [0.5, 0.6) is 0 Å². The van der Waals surface area contributed by atoms with Crippen LogP contribution >= 0.6 is 11.6 Å².